The van der Waals surface area contributed by atoms with E-state index in [1.54, 1.807) is 0 Å². The Kier molecular flexibility index (Phi) is 8.75. The van der Waals surface area contributed by atoms with Gasteiger partial charge >= 0.3 is 5.97 Å². The van der Waals surface area contributed by atoms with Gasteiger partial charge in [0.2, 0.25) is 0 Å². The summed E-state index contributed by atoms with van der Waals surface area (Å²) in [7, 11) is 0. The Hall–Kier alpha value is -1.14. The molecule has 4 saturated heterocycles. The number of Topliss-reactive ketones (excluding diaryl/α,β-unsaturated/α-hetero) is 1. The number of hydrogen-bond acceptors (Lipinski definition) is 9. The van der Waals surface area contributed by atoms with Gasteiger partial charge in [-0.05, 0) is 71.6 Å². The van der Waals surface area contributed by atoms with Gasteiger partial charge in [-0.25, -0.2) is 4.79 Å². The highest BCUT2D eigenvalue weighted by Crippen LogP contribution is 2.49. The van der Waals surface area contributed by atoms with Crippen LogP contribution in [0.1, 0.15) is 85.0 Å². The number of carbonyl (C=O) groups excluding carboxylic acids is 2. The largest absolute Gasteiger partial charge is 0.457 e. The minimum Gasteiger partial charge on any atom is -0.457 e. The third-order valence-corrected chi connectivity index (χ3v) is 9.99. The minimum absolute atomic E-state index is 0.0388. The second-order valence-corrected chi connectivity index (χ2v) is 13.3. The molecule has 4 aliphatic heterocycles. The molecule has 11 atom stereocenters. The number of rotatable bonds is 9. The molecule has 4 heterocycles. The number of quaternary nitrogens is 1. The molecule has 0 aromatic carbocycles. The molecule has 39 heavy (non-hydrogen) atoms. The number of esters is 1. The number of fused-ring (bicyclic) bond motifs is 2. The predicted octanol–water partition coefficient (Wildman–Crippen LogP) is 0.548. The first kappa shape index (κ1) is 29.4. The van der Waals surface area contributed by atoms with Crippen LogP contribution in [-0.4, -0.2) is 89.1 Å². The zero-order chi connectivity index (χ0) is 27.9. The maximum Gasteiger partial charge on any atom is 0.341 e. The zero-order valence-corrected chi connectivity index (χ0v) is 23.8. The Morgan fingerprint density at radius 2 is 1.95 bits per heavy atom. The summed E-state index contributed by atoms with van der Waals surface area (Å²) in [5.74, 6) is -0.680. The first-order valence-corrected chi connectivity index (χ1v) is 15.2. The molecule has 1 aliphatic carbocycles. The SMILES string of the molecule is CC1CC(=O)C2C(CC3OC(C)(C)C(OC(=O)C4(CCCCO)OC4CCC4CC[NH2+]C(N)C4)CC3C2O)O1. The van der Waals surface area contributed by atoms with Gasteiger partial charge in [0.15, 0.2) is 5.60 Å². The van der Waals surface area contributed by atoms with E-state index in [4.69, 9.17) is 24.7 Å². The van der Waals surface area contributed by atoms with E-state index in [0.29, 0.717) is 44.4 Å². The minimum atomic E-state index is -0.995. The Balaban J connectivity index is 1.24. The molecular formula is C29H49N2O8+. The van der Waals surface area contributed by atoms with Crippen LogP contribution in [0, 0.1) is 17.8 Å². The van der Waals surface area contributed by atoms with Crippen LogP contribution in [0.2, 0.25) is 0 Å². The van der Waals surface area contributed by atoms with Gasteiger partial charge in [-0.15, -0.1) is 0 Å². The van der Waals surface area contributed by atoms with E-state index in [9.17, 15) is 19.8 Å². The van der Waals surface area contributed by atoms with Crippen molar-refractivity contribution in [2.24, 2.45) is 23.5 Å². The number of hydrogen-bond donors (Lipinski definition) is 4. The lowest BCUT2D eigenvalue weighted by atomic mass is 9.67. The van der Waals surface area contributed by atoms with Gasteiger partial charge in [-0.2, -0.15) is 0 Å². The lowest BCUT2D eigenvalue weighted by Crippen LogP contribution is -2.94. The zero-order valence-electron chi connectivity index (χ0n) is 23.8. The molecule has 5 aliphatic rings. The summed E-state index contributed by atoms with van der Waals surface area (Å²) in [6.45, 7) is 6.83. The summed E-state index contributed by atoms with van der Waals surface area (Å²) in [4.78, 5) is 26.5. The van der Waals surface area contributed by atoms with E-state index in [2.05, 4.69) is 5.32 Å². The fourth-order valence-corrected chi connectivity index (χ4v) is 7.71. The van der Waals surface area contributed by atoms with E-state index in [1.165, 1.54) is 0 Å². The molecule has 10 heteroatoms. The highest BCUT2D eigenvalue weighted by Gasteiger charge is 2.64. The second-order valence-electron chi connectivity index (χ2n) is 13.3. The van der Waals surface area contributed by atoms with Gasteiger partial charge in [0.25, 0.3) is 0 Å². The van der Waals surface area contributed by atoms with Crippen molar-refractivity contribution in [3.8, 4) is 0 Å². The fourth-order valence-electron chi connectivity index (χ4n) is 7.71. The molecule has 5 fully saturated rings. The molecule has 222 valence electrons. The number of ketones is 1. The van der Waals surface area contributed by atoms with Crippen LogP contribution in [0.4, 0.5) is 0 Å². The lowest BCUT2D eigenvalue weighted by molar-refractivity contribution is -0.699. The van der Waals surface area contributed by atoms with Gasteiger partial charge in [-0.1, -0.05) is 0 Å². The molecule has 0 amide bonds. The summed E-state index contributed by atoms with van der Waals surface area (Å²) < 4.78 is 24.8. The van der Waals surface area contributed by atoms with Gasteiger partial charge in [-0.3, -0.25) is 10.5 Å². The maximum atomic E-state index is 13.7. The van der Waals surface area contributed by atoms with Crippen molar-refractivity contribution in [1.82, 2.24) is 0 Å². The molecule has 6 N–H and O–H groups in total. The van der Waals surface area contributed by atoms with Crippen molar-refractivity contribution in [3.05, 3.63) is 0 Å². The van der Waals surface area contributed by atoms with Crippen molar-refractivity contribution < 1.29 is 44.1 Å². The van der Waals surface area contributed by atoms with Crippen LogP contribution < -0.4 is 11.1 Å². The van der Waals surface area contributed by atoms with Crippen LogP contribution >= 0.6 is 0 Å². The van der Waals surface area contributed by atoms with Crippen molar-refractivity contribution >= 4 is 11.8 Å². The molecule has 1 saturated carbocycles. The molecule has 0 radical (unpaired) electrons. The van der Waals surface area contributed by atoms with Crippen molar-refractivity contribution in [2.75, 3.05) is 13.2 Å². The van der Waals surface area contributed by atoms with E-state index in [-0.39, 0.29) is 54.9 Å². The van der Waals surface area contributed by atoms with E-state index < -0.39 is 29.3 Å². The first-order chi connectivity index (χ1) is 18.5. The Bertz CT molecular complexity index is 901. The predicted molar refractivity (Wildman–Crippen MR) is 140 cm³/mol. The highest BCUT2D eigenvalue weighted by molar-refractivity contribution is 5.84. The Morgan fingerprint density at radius 1 is 1.15 bits per heavy atom. The topological polar surface area (TPSA) is 157 Å². The van der Waals surface area contributed by atoms with Crippen LogP contribution in [0.3, 0.4) is 0 Å². The first-order valence-electron chi connectivity index (χ1n) is 15.2. The third kappa shape index (κ3) is 6.08. The average Bonchev–Trinajstić information content (AvgIpc) is 3.57. The van der Waals surface area contributed by atoms with Gasteiger partial charge in [0.05, 0.1) is 48.6 Å². The quantitative estimate of drug-likeness (QED) is 0.182. The summed E-state index contributed by atoms with van der Waals surface area (Å²) in [5, 5.41) is 22.8. The van der Waals surface area contributed by atoms with Crippen LogP contribution in [0.15, 0.2) is 0 Å². The van der Waals surface area contributed by atoms with Crippen LogP contribution in [-0.2, 0) is 28.5 Å². The van der Waals surface area contributed by atoms with E-state index >= 15 is 0 Å². The average molecular weight is 554 g/mol. The standard InChI is InChI=1S/C29H48N2O8/c1-16-12-19(33)25-21(36-16)15-20-18(26(25)34)14-23(28(2,3)38-20)37-27(35)29(9-4-5-11-32)22(39-29)7-6-17-8-10-31-24(30)13-17/h16-18,20-26,31-32,34H,4-15,30H2,1-3H3/p+1. The summed E-state index contributed by atoms with van der Waals surface area (Å²) >= 11 is 0. The smallest absolute Gasteiger partial charge is 0.341 e. The van der Waals surface area contributed by atoms with Crippen molar-refractivity contribution in [2.45, 2.75) is 139 Å². The van der Waals surface area contributed by atoms with Crippen LogP contribution in [0.25, 0.3) is 0 Å². The summed E-state index contributed by atoms with van der Waals surface area (Å²) in [6, 6.07) is 0. The number of ether oxygens (including phenoxy) is 4. The second kappa shape index (κ2) is 11.6. The van der Waals surface area contributed by atoms with Gasteiger partial charge < -0.3 is 34.5 Å². The van der Waals surface area contributed by atoms with E-state index in [1.807, 2.05) is 20.8 Å². The summed E-state index contributed by atoms with van der Waals surface area (Å²) in [5.41, 5.74) is 4.37. The number of epoxide rings is 1. The normalized spacial score (nSPS) is 45.2. The molecule has 10 nitrogen and oxygen atoms in total. The Labute approximate surface area is 231 Å². The number of nitrogens with two attached hydrogens (primary N) is 2. The molecular weight excluding hydrogens is 504 g/mol. The number of piperidine rings is 1. The molecule has 5 rings (SSSR count). The van der Waals surface area contributed by atoms with Crippen LogP contribution in [0.5, 0.6) is 0 Å². The number of unbranched alkanes of at least 4 members (excludes halogenated alkanes) is 1. The fraction of sp³-hybridized carbons (Fsp3) is 0.931. The van der Waals surface area contributed by atoms with Crippen molar-refractivity contribution in [1.29, 1.82) is 0 Å². The lowest BCUT2D eigenvalue weighted by Gasteiger charge is -2.53. The molecule has 11 unspecified atom stereocenters. The van der Waals surface area contributed by atoms with Gasteiger partial charge in [0.1, 0.15) is 18.1 Å². The van der Waals surface area contributed by atoms with Gasteiger partial charge in [0, 0.05) is 31.8 Å². The molecule has 0 bridgehead atoms. The Morgan fingerprint density at radius 3 is 2.69 bits per heavy atom. The number of carbonyl (C=O) groups is 2. The third-order valence-electron chi connectivity index (χ3n) is 9.99. The van der Waals surface area contributed by atoms with Crippen molar-refractivity contribution in [3.63, 3.8) is 0 Å². The molecule has 0 aromatic rings. The number of aliphatic hydroxyl groups excluding tert-OH is 2. The molecule has 0 spiro atoms. The monoisotopic (exact) mass is 553 g/mol. The maximum absolute atomic E-state index is 13.7. The van der Waals surface area contributed by atoms with E-state index in [0.717, 1.165) is 32.2 Å². The molecule has 0 aromatic heterocycles. The number of aliphatic hydroxyl groups is 2. The highest BCUT2D eigenvalue weighted by atomic mass is 16.7. The summed E-state index contributed by atoms with van der Waals surface area (Å²) in [6.07, 6.45) is 4.58.